The Kier molecular flexibility index (Phi) is 3.99. The summed E-state index contributed by atoms with van der Waals surface area (Å²) in [4.78, 5) is 10.3. The minimum atomic E-state index is -4.65. The Morgan fingerprint density at radius 3 is 2.61 bits per heavy atom. The lowest BCUT2D eigenvalue weighted by Gasteiger charge is -2.09. The fourth-order valence-electron chi connectivity index (χ4n) is 1.18. The van der Waals surface area contributed by atoms with Crippen LogP contribution in [0.15, 0.2) is 17.0 Å². The maximum Gasteiger partial charge on any atom is 0.411 e. The molecule has 1 aromatic rings. The molecule has 0 radical (unpaired) electrons. The van der Waals surface area contributed by atoms with Gasteiger partial charge in [-0.3, -0.25) is 9.87 Å². The van der Waals surface area contributed by atoms with E-state index in [1.165, 1.54) is 0 Å². The number of amides is 1. The predicted octanol–water partition coefficient (Wildman–Crippen LogP) is 0.790. The summed E-state index contributed by atoms with van der Waals surface area (Å²) in [6, 6.07) is 1.98. The molecule has 1 aromatic carbocycles. The molecule has 0 aromatic heterocycles. The maximum atomic E-state index is 11.1. The Labute approximate surface area is 103 Å². The molecule has 0 atom stereocenters. The summed E-state index contributed by atoms with van der Waals surface area (Å²) in [5, 5.41) is 11.6. The van der Waals surface area contributed by atoms with Crippen molar-refractivity contribution in [2.24, 2.45) is 0 Å². The number of anilines is 2. The van der Waals surface area contributed by atoms with Crippen LogP contribution in [0.25, 0.3) is 0 Å². The normalized spacial score (nSPS) is 11.0. The first-order chi connectivity index (χ1) is 8.25. The van der Waals surface area contributed by atoms with Gasteiger partial charge in [-0.25, -0.2) is 4.79 Å². The van der Waals surface area contributed by atoms with Gasteiger partial charge in [0.1, 0.15) is 4.90 Å². The van der Waals surface area contributed by atoms with E-state index in [0.29, 0.717) is 0 Å². The van der Waals surface area contributed by atoms with Crippen LogP contribution in [0.2, 0.25) is 0 Å². The molecule has 0 aliphatic carbocycles. The molecular formula is C9H12N2O6S. The minimum Gasteiger partial charge on any atom is -0.504 e. The van der Waals surface area contributed by atoms with Crippen LogP contribution >= 0.6 is 0 Å². The van der Waals surface area contributed by atoms with E-state index in [1.54, 1.807) is 6.92 Å². The molecule has 0 unspecified atom stereocenters. The fraction of sp³-hybridized carbons (Fsp3) is 0.222. The third kappa shape index (κ3) is 3.25. The molecule has 0 saturated carbocycles. The van der Waals surface area contributed by atoms with E-state index in [9.17, 15) is 18.3 Å². The summed E-state index contributed by atoms with van der Waals surface area (Å²) >= 11 is 0. The molecule has 0 aliphatic heterocycles. The van der Waals surface area contributed by atoms with Gasteiger partial charge in [-0.2, -0.15) is 8.42 Å². The number of ether oxygens (including phenoxy) is 1. The SMILES string of the molecule is CCOC(=O)Nc1cc(N)c(O)c(S(=O)(=O)O)c1. The smallest absolute Gasteiger partial charge is 0.411 e. The molecule has 9 heteroatoms. The molecule has 18 heavy (non-hydrogen) atoms. The molecule has 5 N–H and O–H groups in total. The highest BCUT2D eigenvalue weighted by Crippen LogP contribution is 2.32. The predicted molar refractivity (Wildman–Crippen MR) is 63.0 cm³/mol. The molecule has 0 fully saturated rings. The van der Waals surface area contributed by atoms with Crippen molar-refractivity contribution in [2.45, 2.75) is 11.8 Å². The first-order valence-electron chi connectivity index (χ1n) is 4.79. The summed E-state index contributed by atoms with van der Waals surface area (Å²) in [6.45, 7) is 1.72. The van der Waals surface area contributed by atoms with Gasteiger partial charge in [-0.1, -0.05) is 0 Å². The molecule has 8 nitrogen and oxygen atoms in total. The first kappa shape index (κ1) is 14.1. The number of benzene rings is 1. The second kappa shape index (κ2) is 5.10. The van der Waals surface area contributed by atoms with E-state index in [2.05, 4.69) is 10.1 Å². The summed E-state index contributed by atoms with van der Waals surface area (Å²) in [7, 11) is -4.65. The monoisotopic (exact) mass is 276 g/mol. The maximum absolute atomic E-state index is 11.1. The zero-order valence-corrected chi connectivity index (χ0v) is 10.2. The Morgan fingerprint density at radius 1 is 1.50 bits per heavy atom. The van der Waals surface area contributed by atoms with Crippen molar-refractivity contribution in [3.8, 4) is 5.75 Å². The van der Waals surface area contributed by atoms with Crippen LogP contribution in [0.5, 0.6) is 5.75 Å². The Bertz CT molecular complexity index is 569. The molecule has 1 amide bonds. The standard InChI is InChI=1S/C9H12N2O6S/c1-2-17-9(13)11-5-3-6(10)8(12)7(4-5)18(14,15)16/h3-4,12H,2,10H2,1H3,(H,11,13)(H,14,15,16). The summed E-state index contributed by atoms with van der Waals surface area (Å²) < 4.78 is 35.4. The second-order valence-corrected chi connectivity index (χ2v) is 4.62. The Hall–Kier alpha value is -2.00. The lowest BCUT2D eigenvalue weighted by Crippen LogP contribution is -2.14. The highest BCUT2D eigenvalue weighted by molar-refractivity contribution is 7.86. The number of aromatic hydroxyl groups is 1. The largest absolute Gasteiger partial charge is 0.504 e. The van der Waals surface area contributed by atoms with Crippen LogP contribution in [-0.2, 0) is 14.9 Å². The molecule has 0 aliphatic rings. The first-order valence-corrected chi connectivity index (χ1v) is 6.23. The number of carbonyl (C=O) groups is 1. The number of carbonyl (C=O) groups excluding carboxylic acids is 1. The van der Waals surface area contributed by atoms with Gasteiger partial charge < -0.3 is 15.6 Å². The molecule has 0 heterocycles. The van der Waals surface area contributed by atoms with Gasteiger partial charge in [0.05, 0.1) is 12.3 Å². The number of hydrogen-bond acceptors (Lipinski definition) is 6. The number of phenols is 1. The van der Waals surface area contributed by atoms with E-state index in [-0.39, 0.29) is 18.0 Å². The molecule has 1 rings (SSSR count). The quantitative estimate of drug-likeness (QED) is 0.277. The van der Waals surface area contributed by atoms with E-state index < -0.39 is 26.9 Å². The number of nitrogens with one attached hydrogen (secondary N) is 1. The van der Waals surface area contributed by atoms with Crippen molar-refractivity contribution in [1.29, 1.82) is 0 Å². The highest BCUT2D eigenvalue weighted by atomic mass is 32.2. The average Bonchev–Trinajstić information content (AvgIpc) is 2.21. The molecule has 0 spiro atoms. The van der Waals surface area contributed by atoms with Crippen LogP contribution in [0, 0.1) is 0 Å². The van der Waals surface area contributed by atoms with Gasteiger partial charge in [-0.15, -0.1) is 0 Å². The van der Waals surface area contributed by atoms with Crippen molar-refractivity contribution in [1.82, 2.24) is 0 Å². The number of nitrogens with two attached hydrogens (primary N) is 1. The second-order valence-electron chi connectivity index (χ2n) is 3.23. The minimum absolute atomic E-state index is 0.0311. The van der Waals surface area contributed by atoms with E-state index in [1.807, 2.05) is 0 Å². The number of hydrogen-bond donors (Lipinski definition) is 4. The van der Waals surface area contributed by atoms with E-state index >= 15 is 0 Å². The third-order valence-electron chi connectivity index (χ3n) is 1.90. The zero-order valence-electron chi connectivity index (χ0n) is 9.37. The van der Waals surface area contributed by atoms with Crippen LogP contribution in [-0.4, -0.2) is 30.8 Å². The van der Waals surface area contributed by atoms with E-state index in [0.717, 1.165) is 12.1 Å². The van der Waals surface area contributed by atoms with Crippen LogP contribution in [0.1, 0.15) is 6.92 Å². The lowest BCUT2D eigenvalue weighted by atomic mass is 10.2. The number of rotatable bonds is 3. The van der Waals surface area contributed by atoms with Crippen LogP contribution in [0.3, 0.4) is 0 Å². The van der Waals surface area contributed by atoms with Crippen molar-refractivity contribution < 1.29 is 27.6 Å². The Balaban J connectivity index is 3.17. The molecular weight excluding hydrogens is 264 g/mol. The fourth-order valence-corrected chi connectivity index (χ4v) is 1.82. The zero-order chi connectivity index (χ0) is 13.9. The van der Waals surface area contributed by atoms with Gasteiger partial charge >= 0.3 is 6.09 Å². The van der Waals surface area contributed by atoms with Gasteiger partial charge in [0, 0.05) is 5.69 Å². The van der Waals surface area contributed by atoms with Crippen molar-refractivity contribution >= 4 is 27.6 Å². The third-order valence-corrected chi connectivity index (χ3v) is 2.77. The van der Waals surface area contributed by atoms with Gasteiger partial charge in [0.15, 0.2) is 5.75 Å². The summed E-state index contributed by atoms with van der Waals surface area (Å²) in [5.74, 6) is -0.785. The van der Waals surface area contributed by atoms with Gasteiger partial charge in [0.25, 0.3) is 10.1 Å². The number of nitrogen functional groups attached to an aromatic ring is 1. The summed E-state index contributed by atoms with van der Waals surface area (Å²) in [5.41, 5.74) is 5.01. The van der Waals surface area contributed by atoms with Crippen molar-refractivity contribution in [3.05, 3.63) is 12.1 Å². The van der Waals surface area contributed by atoms with Crippen molar-refractivity contribution in [2.75, 3.05) is 17.7 Å². The van der Waals surface area contributed by atoms with Crippen LogP contribution in [0.4, 0.5) is 16.2 Å². The van der Waals surface area contributed by atoms with Gasteiger partial charge in [0.2, 0.25) is 0 Å². The highest BCUT2D eigenvalue weighted by Gasteiger charge is 2.19. The summed E-state index contributed by atoms with van der Waals surface area (Å²) in [6.07, 6.45) is -0.816. The number of phenolic OH excluding ortho intramolecular Hbond substituents is 1. The molecule has 0 bridgehead atoms. The average molecular weight is 276 g/mol. The molecule has 100 valence electrons. The van der Waals surface area contributed by atoms with Gasteiger partial charge in [-0.05, 0) is 19.1 Å². The van der Waals surface area contributed by atoms with Crippen molar-refractivity contribution in [3.63, 3.8) is 0 Å². The lowest BCUT2D eigenvalue weighted by molar-refractivity contribution is 0.168. The van der Waals surface area contributed by atoms with Crippen LogP contribution < -0.4 is 11.1 Å². The Morgan fingerprint density at radius 2 is 2.11 bits per heavy atom. The van der Waals surface area contributed by atoms with E-state index in [4.69, 9.17) is 10.3 Å². The molecule has 0 saturated heterocycles. The topological polar surface area (TPSA) is 139 Å².